The van der Waals surface area contributed by atoms with Gasteiger partial charge in [0.2, 0.25) is 0 Å². The summed E-state index contributed by atoms with van der Waals surface area (Å²) in [4.78, 5) is 20.1. The van der Waals surface area contributed by atoms with Crippen molar-refractivity contribution in [3.63, 3.8) is 0 Å². The molecular formula is C35H42FN5O2. The molecule has 0 aliphatic heterocycles. The fourth-order valence-corrected chi connectivity index (χ4v) is 8.05. The van der Waals surface area contributed by atoms with E-state index >= 15 is 0 Å². The number of ether oxygens (including phenoxy) is 1. The van der Waals surface area contributed by atoms with Gasteiger partial charge in [-0.3, -0.25) is 14.3 Å². The monoisotopic (exact) mass is 583 g/mol. The summed E-state index contributed by atoms with van der Waals surface area (Å²) >= 11 is 0. The summed E-state index contributed by atoms with van der Waals surface area (Å²) in [5.41, 5.74) is 3.49. The SMILES string of the molecule is COc1ccc(CCn2cnc3cc(NC4(N(C)CCC#N)C=C(C5C[C@@H]6C[C@H](C5C)C6(C)C)C4)ccc3c2=O)c(F)c1. The molecule has 0 saturated heterocycles. The van der Waals surface area contributed by atoms with Gasteiger partial charge in [-0.1, -0.05) is 32.4 Å². The van der Waals surface area contributed by atoms with Crippen LogP contribution in [-0.4, -0.2) is 40.8 Å². The molecule has 3 fully saturated rings. The summed E-state index contributed by atoms with van der Waals surface area (Å²) in [6.45, 7) is 8.31. The van der Waals surface area contributed by atoms with Gasteiger partial charge in [0.05, 0.1) is 30.4 Å². The summed E-state index contributed by atoms with van der Waals surface area (Å²) in [7, 11) is 3.58. The van der Waals surface area contributed by atoms with Crippen LogP contribution in [0.3, 0.4) is 0 Å². The van der Waals surface area contributed by atoms with Crippen molar-refractivity contribution >= 4 is 16.6 Å². The van der Waals surface area contributed by atoms with Crippen molar-refractivity contribution in [1.82, 2.24) is 14.5 Å². The first kappa shape index (κ1) is 29.4. The fraction of sp³-hybridized carbons (Fsp3) is 0.514. The summed E-state index contributed by atoms with van der Waals surface area (Å²) in [5.74, 6) is 3.02. The van der Waals surface area contributed by atoms with Gasteiger partial charge in [0.15, 0.2) is 0 Å². The molecule has 5 atom stereocenters. The van der Waals surface area contributed by atoms with Crippen LogP contribution in [0.25, 0.3) is 10.9 Å². The molecule has 3 unspecified atom stereocenters. The molecule has 0 amide bonds. The second-order valence-electron chi connectivity index (χ2n) is 13.5. The molecule has 3 aromatic rings. The number of benzene rings is 2. The van der Waals surface area contributed by atoms with Gasteiger partial charge in [0.1, 0.15) is 17.2 Å². The van der Waals surface area contributed by atoms with E-state index < -0.39 is 0 Å². The van der Waals surface area contributed by atoms with Gasteiger partial charge in [-0.2, -0.15) is 5.26 Å². The zero-order valence-electron chi connectivity index (χ0n) is 25.9. The number of fused-ring (bicyclic) bond motifs is 3. The second kappa shape index (κ2) is 11.1. The highest BCUT2D eigenvalue weighted by molar-refractivity contribution is 5.81. The summed E-state index contributed by atoms with van der Waals surface area (Å²) in [6, 6.07) is 12.7. The van der Waals surface area contributed by atoms with Crippen molar-refractivity contribution in [2.45, 2.75) is 65.1 Å². The van der Waals surface area contributed by atoms with Gasteiger partial charge in [-0.15, -0.1) is 0 Å². The highest BCUT2D eigenvalue weighted by atomic mass is 19.1. The summed E-state index contributed by atoms with van der Waals surface area (Å²) < 4.78 is 21.0. The van der Waals surface area contributed by atoms with Crippen molar-refractivity contribution in [1.29, 1.82) is 5.26 Å². The minimum absolute atomic E-state index is 0.148. The van der Waals surface area contributed by atoms with E-state index in [1.54, 1.807) is 18.5 Å². The second-order valence-corrected chi connectivity index (χ2v) is 13.5. The highest BCUT2D eigenvalue weighted by Gasteiger charge is 2.58. The van der Waals surface area contributed by atoms with E-state index in [1.165, 1.54) is 36.2 Å². The zero-order valence-corrected chi connectivity index (χ0v) is 25.9. The molecule has 7 nitrogen and oxygen atoms in total. The number of likely N-dealkylation sites (N-methyl/N-ethyl adjacent to an activating group) is 1. The molecular weight excluding hydrogens is 541 g/mol. The maximum Gasteiger partial charge on any atom is 0.261 e. The number of nitriles is 1. The molecule has 7 rings (SSSR count). The molecule has 8 heteroatoms. The Balaban J connectivity index is 1.21. The lowest BCUT2D eigenvalue weighted by Crippen LogP contribution is -2.60. The molecule has 4 aliphatic rings. The van der Waals surface area contributed by atoms with Crippen LogP contribution >= 0.6 is 0 Å². The van der Waals surface area contributed by atoms with Gasteiger partial charge in [0, 0.05) is 37.7 Å². The Kier molecular flexibility index (Phi) is 7.58. The topological polar surface area (TPSA) is 83.2 Å². The minimum Gasteiger partial charge on any atom is -0.497 e. The van der Waals surface area contributed by atoms with Gasteiger partial charge in [0.25, 0.3) is 5.56 Å². The zero-order chi connectivity index (χ0) is 30.5. The van der Waals surface area contributed by atoms with Crippen LogP contribution in [0.4, 0.5) is 10.1 Å². The van der Waals surface area contributed by atoms with Crippen molar-refractivity contribution in [2.24, 2.45) is 29.1 Å². The van der Waals surface area contributed by atoms with Gasteiger partial charge in [-0.05, 0) is 91.3 Å². The van der Waals surface area contributed by atoms with Crippen LogP contribution in [0.15, 0.2) is 59.2 Å². The maximum atomic E-state index is 14.4. The van der Waals surface area contributed by atoms with Crippen molar-refractivity contribution < 1.29 is 9.13 Å². The predicted molar refractivity (Wildman–Crippen MR) is 167 cm³/mol. The number of nitrogens with zero attached hydrogens (tertiary/aromatic N) is 4. The average molecular weight is 584 g/mol. The molecule has 43 heavy (non-hydrogen) atoms. The fourth-order valence-electron chi connectivity index (χ4n) is 8.05. The number of hydrogen-bond donors (Lipinski definition) is 1. The number of halogens is 1. The third kappa shape index (κ3) is 5.12. The molecule has 2 bridgehead atoms. The number of rotatable bonds is 10. The number of hydrogen-bond acceptors (Lipinski definition) is 6. The predicted octanol–water partition coefficient (Wildman–Crippen LogP) is 6.39. The molecule has 0 spiro atoms. The lowest BCUT2D eigenvalue weighted by molar-refractivity contribution is -0.122. The first-order chi connectivity index (χ1) is 20.6. The Morgan fingerprint density at radius 3 is 2.70 bits per heavy atom. The first-order valence-electron chi connectivity index (χ1n) is 15.5. The number of anilines is 1. The standard InChI is InChI=1S/C35H42FN5O2/c1-22-29(15-25-16-30(22)34(25,2)3)24-19-35(20-24,40(4)13-6-12-37)39-26-8-10-28-32(17-26)38-21-41(33(28)42)14-11-23-7-9-27(43-5)18-31(23)36/h7-10,17-19,21-22,25,29-30,39H,6,11,13-16,20H2,1-5H3/t22?,25-,29?,30-,35?/m1/s1. The molecule has 0 radical (unpaired) electrons. The maximum absolute atomic E-state index is 14.4. The van der Waals surface area contributed by atoms with Crippen LogP contribution in [0, 0.1) is 46.2 Å². The molecule has 226 valence electrons. The van der Waals surface area contributed by atoms with Crippen LogP contribution in [0.2, 0.25) is 0 Å². The smallest absolute Gasteiger partial charge is 0.261 e. The number of methoxy groups -OCH3 is 1. The van der Waals surface area contributed by atoms with Gasteiger partial charge < -0.3 is 10.1 Å². The van der Waals surface area contributed by atoms with Crippen LogP contribution in [0.1, 0.15) is 52.0 Å². The van der Waals surface area contributed by atoms with Crippen molar-refractivity contribution in [3.8, 4) is 11.8 Å². The average Bonchev–Trinajstić information content (AvgIpc) is 2.97. The number of aromatic nitrogens is 2. The van der Waals surface area contributed by atoms with Crippen LogP contribution in [0.5, 0.6) is 5.75 Å². The Morgan fingerprint density at radius 1 is 1.23 bits per heavy atom. The summed E-state index contributed by atoms with van der Waals surface area (Å²) in [5, 5.41) is 13.5. The van der Waals surface area contributed by atoms with E-state index in [2.05, 4.69) is 55.2 Å². The molecule has 2 aromatic carbocycles. The third-order valence-corrected chi connectivity index (χ3v) is 11.0. The van der Waals surface area contributed by atoms with E-state index in [0.29, 0.717) is 65.4 Å². The first-order valence-corrected chi connectivity index (χ1v) is 15.5. The molecule has 4 aliphatic carbocycles. The lowest BCUT2D eigenvalue weighted by atomic mass is 9.42. The quantitative estimate of drug-likeness (QED) is 0.220. The highest BCUT2D eigenvalue weighted by Crippen LogP contribution is 2.65. The molecule has 1 heterocycles. The Bertz CT molecular complexity index is 1670. The van der Waals surface area contributed by atoms with Gasteiger partial charge in [-0.25, -0.2) is 9.37 Å². The summed E-state index contributed by atoms with van der Waals surface area (Å²) in [6.07, 6.45) is 8.33. The Hall–Kier alpha value is -3.70. The lowest BCUT2D eigenvalue weighted by Gasteiger charge is -2.64. The van der Waals surface area contributed by atoms with Crippen molar-refractivity contribution in [3.05, 3.63) is 76.1 Å². The molecule has 3 saturated carbocycles. The number of aryl methyl sites for hydroxylation is 2. The number of nitrogens with one attached hydrogen (secondary N) is 1. The minimum atomic E-state index is -0.381. The van der Waals surface area contributed by atoms with E-state index in [0.717, 1.165) is 23.9 Å². The molecule has 1 aromatic heterocycles. The Morgan fingerprint density at radius 2 is 2.02 bits per heavy atom. The Labute approximate surface area is 253 Å². The van der Waals surface area contributed by atoms with Crippen molar-refractivity contribution in [2.75, 3.05) is 26.0 Å². The normalized spacial score (nSPS) is 27.2. The third-order valence-electron chi connectivity index (χ3n) is 11.0. The van der Waals surface area contributed by atoms with E-state index in [9.17, 15) is 14.4 Å². The van der Waals surface area contributed by atoms with E-state index in [1.807, 2.05) is 18.2 Å². The van der Waals surface area contributed by atoms with Gasteiger partial charge >= 0.3 is 0 Å². The molecule has 1 N–H and O–H groups in total. The largest absolute Gasteiger partial charge is 0.497 e. The van der Waals surface area contributed by atoms with Crippen LogP contribution in [-0.2, 0) is 13.0 Å². The van der Waals surface area contributed by atoms with E-state index in [4.69, 9.17) is 4.74 Å². The van der Waals surface area contributed by atoms with E-state index in [-0.39, 0.29) is 17.0 Å². The van der Waals surface area contributed by atoms with Crippen LogP contribution < -0.4 is 15.6 Å².